The number of likely N-dealkylation sites (N-methyl/N-ethyl adjacent to an activating group) is 1. The summed E-state index contributed by atoms with van der Waals surface area (Å²) >= 11 is 0. The van der Waals surface area contributed by atoms with Crippen LogP contribution in [0.2, 0.25) is 0 Å². The average Bonchev–Trinajstić information content (AvgIpc) is 3.48. The predicted molar refractivity (Wildman–Crippen MR) is 149 cm³/mol. The Morgan fingerprint density at radius 1 is 1.19 bits per heavy atom. The number of methoxy groups -OCH3 is 1. The third-order valence-corrected chi connectivity index (χ3v) is 8.87. The highest BCUT2D eigenvalue weighted by molar-refractivity contribution is 5.87. The van der Waals surface area contributed by atoms with Gasteiger partial charge in [-0.2, -0.15) is 0 Å². The van der Waals surface area contributed by atoms with Crippen molar-refractivity contribution in [3.05, 3.63) is 82.7 Å². The van der Waals surface area contributed by atoms with E-state index in [2.05, 4.69) is 83.6 Å². The topological polar surface area (TPSA) is 87.1 Å². The third-order valence-electron chi connectivity index (χ3n) is 8.87. The van der Waals surface area contributed by atoms with Crippen molar-refractivity contribution in [2.45, 2.75) is 38.1 Å². The molecule has 2 bridgehead atoms. The largest absolute Gasteiger partial charge is 0.469 e. The molecule has 4 aromatic rings. The number of likely N-dealkylation sites (tertiary alicyclic amines) is 1. The van der Waals surface area contributed by atoms with Gasteiger partial charge in [0, 0.05) is 52.2 Å². The number of piperidine rings is 1. The number of carbonyl (C=O) groups is 1. The maximum atomic E-state index is 13.3. The molecule has 0 radical (unpaired) electrons. The normalized spacial score (nSPS) is 25.2. The monoisotopic (exact) mass is 496 g/mol. The van der Waals surface area contributed by atoms with Gasteiger partial charge in [-0.25, -0.2) is 0 Å². The lowest BCUT2D eigenvalue weighted by Crippen LogP contribution is -2.53. The summed E-state index contributed by atoms with van der Waals surface area (Å²) in [5.74, 6) is -0.0568. The molecule has 6 nitrogen and oxygen atoms in total. The van der Waals surface area contributed by atoms with Gasteiger partial charge in [-0.1, -0.05) is 42.0 Å². The molecule has 6 rings (SSSR count). The van der Waals surface area contributed by atoms with Crippen LogP contribution < -0.4 is 5.73 Å². The van der Waals surface area contributed by atoms with Crippen molar-refractivity contribution < 1.29 is 9.53 Å². The Morgan fingerprint density at radius 2 is 2.03 bits per heavy atom. The molecule has 2 aliphatic rings. The minimum atomic E-state index is -0.204. The minimum absolute atomic E-state index is 0.0877. The van der Waals surface area contributed by atoms with Crippen LogP contribution in [0.4, 0.5) is 0 Å². The number of aromatic amines is 2. The maximum absolute atomic E-state index is 13.3. The lowest BCUT2D eigenvalue weighted by molar-refractivity contribution is -0.151. The van der Waals surface area contributed by atoms with E-state index >= 15 is 0 Å². The van der Waals surface area contributed by atoms with Crippen LogP contribution in [0.3, 0.4) is 0 Å². The number of allylic oxidation sites excluding steroid dienone is 1. The van der Waals surface area contributed by atoms with Gasteiger partial charge in [0.1, 0.15) is 0 Å². The van der Waals surface area contributed by atoms with E-state index < -0.39 is 0 Å². The first-order valence-electron chi connectivity index (χ1n) is 13.4. The number of H-pyrrole nitrogens is 2. The number of hydrogen-bond acceptors (Lipinski definition) is 4. The summed E-state index contributed by atoms with van der Waals surface area (Å²) in [5, 5.41) is 2.49. The van der Waals surface area contributed by atoms with Crippen LogP contribution in [-0.4, -0.2) is 54.1 Å². The van der Waals surface area contributed by atoms with E-state index in [0.29, 0.717) is 6.54 Å². The molecule has 2 aromatic carbocycles. The van der Waals surface area contributed by atoms with Gasteiger partial charge in [0.2, 0.25) is 0 Å². The molecular formula is C31H36N4O2. The second-order valence-electron chi connectivity index (χ2n) is 10.7. The second-order valence-corrected chi connectivity index (χ2v) is 10.7. The zero-order valence-corrected chi connectivity index (χ0v) is 21.9. The van der Waals surface area contributed by atoms with Gasteiger partial charge in [0.25, 0.3) is 0 Å². The number of nitrogens with zero attached hydrogens (tertiary/aromatic N) is 1. The SMILES string of the molecule is C/C=C1/CN(C)[C@H]2Cc3c([nH]c4ccccc34)[C@@H](c3ccc4c(CCN)c[nH]c4c3)C[C@H]1C2C(=O)OC. The standard InChI is InChI=1S/C31H36N4O2/c1-4-18-17-35(2)28-15-25-22-7-5-6-8-26(22)34-30(25)24(14-23(18)29(28)31(36)37-3)19-9-10-21-20(11-12-32)16-33-27(21)13-19/h4-10,13,16,23-24,28-29,33-34H,11-12,14-15,17,32H2,1-3H3/b18-4-/t23-,24-,28+,29?/m1/s1. The second kappa shape index (κ2) is 9.51. The number of carbonyl (C=O) groups excluding carboxylic acids is 1. The van der Waals surface area contributed by atoms with Crippen molar-refractivity contribution in [2.75, 3.05) is 27.2 Å². The number of esters is 1. The number of nitrogens with one attached hydrogen (secondary N) is 2. The molecule has 3 heterocycles. The predicted octanol–water partition coefficient (Wildman–Crippen LogP) is 4.89. The number of rotatable bonds is 4. The highest BCUT2D eigenvalue weighted by Gasteiger charge is 2.47. The first kappa shape index (κ1) is 24.0. The number of nitrogens with two attached hydrogens (primary N) is 1. The first-order chi connectivity index (χ1) is 18.0. The third kappa shape index (κ3) is 3.90. The van der Waals surface area contributed by atoms with Crippen LogP contribution in [0.5, 0.6) is 0 Å². The van der Waals surface area contributed by atoms with Gasteiger partial charge >= 0.3 is 5.97 Å². The summed E-state index contributed by atoms with van der Waals surface area (Å²) in [6.07, 6.45) is 6.82. The highest BCUT2D eigenvalue weighted by atomic mass is 16.5. The fourth-order valence-electron chi connectivity index (χ4n) is 7.04. The summed E-state index contributed by atoms with van der Waals surface area (Å²) < 4.78 is 5.43. The number of benzene rings is 2. The Labute approximate surface area is 217 Å². The quantitative estimate of drug-likeness (QED) is 0.277. The minimum Gasteiger partial charge on any atom is -0.469 e. The van der Waals surface area contributed by atoms with Crippen molar-refractivity contribution in [3.63, 3.8) is 0 Å². The van der Waals surface area contributed by atoms with Crippen molar-refractivity contribution in [1.29, 1.82) is 0 Å². The Morgan fingerprint density at radius 3 is 2.81 bits per heavy atom. The lowest BCUT2D eigenvalue weighted by Gasteiger charge is -2.46. The van der Waals surface area contributed by atoms with Crippen molar-refractivity contribution in [2.24, 2.45) is 17.6 Å². The summed E-state index contributed by atoms with van der Waals surface area (Å²) in [7, 11) is 3.67. The molecule has 192 valence electrons. The summed E-state index contributed by atoms with van der Waals surface area (Å²) in [6.45, 7) is 3.61. The molecule has 4 atom stereocenters. The molecule has 0 amide bonds. The van der Waals surface area contributed by atoms with Crippen LogP contribution in [0.25, 0.3) is 21.8 Å². The van der Waals surface area contributed by atoms with Crippen LogP contribution in [0.1, 0.15) is 41.6 Å². The Bertz CT molecular complexity index is 1500. The van der Waals surface area contributed by atoms with Gasteiger partial charge in [0.05, 0.1) is 13.0 Å². The van der Waals surface area contributed by atoms with E-state index in [9.17, 15) is 4.79 Å². The van der Waals surface area contributed by atoms with E-state index in [1.165, 1.54) is 45.8 Å². The molecular weight excluding hydrogens is 460 g/mol. The Balaban J connectivity index is 1.56. The highest BCUT2D eigenvalue weighted by Crippen LogP contribution is 2.47. The fourth-order valence-corrected chi connectivity index (χ4v) is 7.04. The van der Waals surface area contributed by atoms with E-state index in [1.54, 1.807) is 0 Å². The van der Waals surface area contributed by atoms with Gasteiger partial charge in [0.15, 0.2) is 0 Å². The number of para-hydroxylation sites is 1. The fraction of sp³-hybridized carbons (Fsp3) is 0.387. The van der Waals surface area contributed by atoms with E-state index in [1.807, 2.05) is 0 Å². The van der Waals surface area contributed by atoms with Crippen LogP contribution in [0.15, 0.2) is 60.3 Å². The smallest absolute Gasteiger partial charge is 0.310 e. The van der Waals surface area contributed by atoms with E-state index in [4.69, 9.17) is 10.5 Å². The van der Waals surface area contributed by atoms with Gasteiger partial charge in [-0.3, -0.25) is 9.69 Å². The number of ether oxygens (including phenoxy) is 1. The van der Waals surface area contributed by atoms with Crippen molar-refractivity contribution in [1.82, 2.24) is 14.9 Å². The Hall–Kier alpha value is -3.35. The van der Waals surface area contributed by atoms with Gasteiger partial charge < -0.3 is 20.4 Å². The lowest BCUT2D eigenvalue weighted by atomic mass is 9.67. The van der Waals surface area contributed by atoms with Crippen LogP contribution in [-0.2, 0) is 22.4 Å². The molecule has 1 unspecified atom stereocenters. The zero-order valence-electron chi connectivity index (χ0n) is 21.9. The molecule has 0 saturated carbocycles. The summed E-state index contributed by atoms with van der Waals surface area (Å²) in [5.41, 5.74) is 14.6. The molecule has 1 saturated heterocycles. The molecule has 1 aliphatic heterocycles. The summed E-state index contributed by atoms with van der Waals surface area (Å²) in [4.78, 5) is 23.0. The summed E-state index contributed by atoms with van der Waals surface area (Å²) in [6, 6.07) is 15.5. The molecule has 1 fully saturated rings. The first-order valence-corrected chi connectivity index (χ1v) is 13.4. The Kier molecular flexibility index (Phi) is 6.17. The van der Waals surface area contributed by atoms with Gasteiger partial charge in [-0.05, 0) is 74.5 Å². The van der Waals surface area contributed by atoms with Crippen LogP contribution in [0, 0.1) is 11.8 Å². The zero-order chi connectivity index (χ0) is 25.7. The van der Waals surface area contributed by atoms with Gasteiger partial charge in [-0.15, -0.1) is 0 Å². The molecule has 37 heavy (non-hydrogen) atoms. The van der Waals surface area contributed by atoms with Crippen LogP contribution >= 0.6 is 0 Å². The molecule has 2 aromatic heterocycles. The maximum Gasteiger partial charge on any atom is 0.310 e. The number of fused-ring (bicyclic) bond motifs is 6. The van der Waals surface area contributed by atoms with E-state index in [-0.39, 0.29) is 29.8 Å². The van der Waals surface area contributed by atoms with E-state index in [0.717, 1.165) is 36.8 Å². The van der Waals surface area contributed by atoms with Crippen molar-refractivity contribution >= 4 is 27.8 Å². The molecule has 6 heteroatoms. The van der Waals surface area contributed by atoms with Crippen molar-refractivity contribution in [3.8, 4) is 0 Å². The molecule has 1 aliphatic carbocycles. The number of aromatic nitrogens is 2. The number of hydrogen-bond donors (Lipinski definition) is 3. The average molecular weight is 497 g/mol. The molecule has 0 spiro atoms. The molecule has 4 N–H and O–H groups in total.